The van der Waals surface area contributed by atoms with Gasteiger partial charge in [-0.05, 0) is 11.6 Å². The summed E-state index contributed by atoms with van der Waals surface area (Å²) < 4.78 is 0. The Kier molecular flexibility index (Phi) is 2.73. The minimum atomic E-state index is 0.251. The van der Waals surface area contributed by atoms with Crippen molar-refractivity contribution in [2.75, 3.05) is 5.73 Å². The smallest absolute Gasteiger partial charge is 0.0745 e. The van der Waals surface area contributed by atoms with Gasteiger partial charge in [0.2, 0.25) is 0 Å². The summed E-state index contributed by atoms with van der Waals surface area (Å²) in [7, 11) is 0. The molecular weight excluding hydrogens is 222 g/mol. The van der Waals surface area contributed by atoms with Crippen LogP contribution in [0.5, 0.6) is 0 Å². The molecule has 0 saturated carbocycles. The number of nitrogens with one attached hydrogen (secondary N) is 1. The SMILES string of the molecule is Nc1ccccc1C1=NNC(c2ccccc2)C1. The Bertz CT molecular complexity index is 575. The summed E-state index contributed by atoms with van der Waals surface area (Å²) in [6.45, 7) is 0. The first kappa shape index (κ1) is 10.8. The molecular formula is C15H15N3. The quantitative estimate of drug-likeness (QED) is 0.789. The van der Waals surface area contributed by atoms with Crippen molar-refractivity contribution in [3.05, 3.63) is 65.7 Å². The number of benzene rings is 2. The molecule has 0 spiro atoms. The van der Waals surface area contributed by atoms with Gasteiger partial charge in [0.15, 0.2) is 0 Å². The zero-order valence-electron chi connectivity index (χ0n) is 10.0. The number of hydrazone groups is 1. The molecule has 1 heterocycles. The summed E-state index contributed by atoms with van der Waals surface area (Å²) in [4.78, 5) is 0. The number of nitrogens with two attached hydrogens (primary N) is 1. The van der Waals surface area contributed by atoms with E-state index in [2.05, 4.69) is 22.7 Å². The molecule has 3 rings (SSSR count). The van der Waals surface area contributed by atoms with Gasteiger partial charge in [0, 0.05) is 17.7 Å². The summed E-state index contributed by atoms with van der Waals surface area (Å²) in [6.07, 6.45) is 0.873. The fourth-order valence-corrected chi connectivity index (χ4v) is 2.25. The summed E-state index contributed by atoms with van der Waals surface area (Å²) >= 11 is 0. The molecule has 90 valence electrons. The van der Waals surface area contributed by atoms with Crippen molar-refractivity contribution in [1.29, 1.82) is 0 Å². The normalized spacial score (nSPS) is 18.2. The second-order valence-electron chi connectivity index (χ2n) is 4.44. The number of para-hydroxylation sites is 1. The van der Waals surface area contributed by atoms with Crippen LogP contribution in [-0.2, 0) is 0 Å². The van der Waals surface area contributed by atoms with E-state index in [9.17, 15) is 0 Å². The van der Waals surface area contributed by atoms with Crippen LogP contribution >= 0.6 is 0 Å². The fraction of sp³-hybridized carbons (Fsp3) is 0.133. The van der Waals surface area contributed by atoms with Gasteiger partial charge in [-0.25, -0.2) is 0 Å². The molecule has 0 bridgehead atoms. The lowest BCUT2D eigenvalue weighted by molar-refractivity contribution is 0.620. The highest BCUT2D eigenvalue weighted by atomic mass is 15.3. The van der Waals surface area contributed by atoms with Crippen molar-refractivity contribution in [2.24, 2.45) is 5.10 Å². The highest BCUT2D eigenvalue weighted by Crippen LogP contribution is 2.26. The molecule has 0 radical (unpaired) electrons. The first-order chi connectivity index (χ1) is 8.84. The standard InChI is InChI=1S/C15H15N3/c16-13-9-5-4-8-12(13)15-10-14(17-18-15)11-6-2-1-3-7-11/h1-9,14,17H,10,16H2. The lowest BCUT2D eigenvalue weighted by Gasteiger charge is -2.09. The van der Waals surface area contributed by atoms with Gasteiger partial charge in [0.1, 0.15) is 0 Å². The van der Waals surface area contributed by atoms with E-state index in [4.69, 9.17) is 5.73 Å². The summed E-state index contributed by atoms with van der Waals surface area (Å²) in [5.41, 5.74) is 13.3. The van der Waals surface area contributed by atoms with Gasteiger partial charge in [0.25, 0.3) is 0 Å². The number of rotatable bonds is 2. The predicted molar refractivity (Wildman–Crippen MR) is 74.3 cm³/mol. The Morgan fingerprint density at radius 3 is 2.50 bits per heavy atom. The monoisotopic (exact) mass is 237 g/mol. The van der Waals surface area contributed by atoms with Crippen LogP contribution in [0.15, 0.2) is 59.7 Å². The predicted octanol–water partition coefficient (Wildman–Crippen LogP) is 2.71. The molecule has 1 unspecified atom stereocenters. The molecule has 1 aliphatic rings. The molecule has 18 heavy (non-hydrogen) atoms. The minimum Gasteiger partial charge on any atom is -0.398 e. The zero-order chi connectivity index (χ0) is 12.4. The molecule has 0 aliphatic carbocycles. The van der Waals surface area contributed by atoms with Crippen LogP contribution in [0, 0.1) is 0 Å². The fourth-order valence-electron chi connectivity index (χ4n) is 2.25. The van der Waals surface area contributed by atoms with Gasteiger partial charge in [-0.1, -0.05) is 48.5 Å². The molecule has 0 saturated heterocycles. The largest absolute Gasteiger partial charge is 0.398 e. The van der Waals surface area contributed by atoms with E-state index < -0.39 is 0 Å². The van der Waals surface area contributed by atoms with Crippen LogP contribution in [0.25, 0.3) is 0 Å². The van der Waals surface area contributed by atoms with E-state index >= 15 is 0 Å². The van der Waals surface area contributed by atoms with Crippen molar-refractivity contribution >= 4 is 11.4 Å². The number of anilines is 1. The van der Waals surface area contributed by atoms with E-state index in [1.807, 2.05) is 42.5 Å². The van der Waals surface area contributed by atoms with Gasteiger partial charge in [0.05, 0.1) is 11.8 Å². The molecule has 3 heteroatoms. The third kappa shape index (κ3) is 1.95. The third-order valence-corrected chi connectivity index (χ3v) is 3.23. The average Bonchev–Trinajstić information content (AvgIpc) is 2.90. The van der Waals surface area contributed by atoms with Crippen LogP contribution in [-0.4, -0.2) is 5.71 Å². The average molecular weight is 237 g/mol. The highest BCUT2D eigenvalue weighted by molar-refractivity contribution is 6.05. The molecule has 0 fully saturated rings. The maximum atomic E-state index is 5.98. The third-order valence-electron chi connectivity index (χ3n) is 3.23. The van der Waals surface area contributed by atoms with Crippen LogP contribution < -0.4 is 11.2 Å². The van der Waals surface area contributed by atoms with Crippen molar-refractivity contribution in [1.82, 2.24) is 5.43 Å². The highest BCUT2D eigenvalue weighted by Gasteiger charge is 2.21. The summed E-state index contributed by atoms with van der Waals surface area (Å²) in [5.74, 6) is 0. The lowest BCUT2D eigenvalue weighted by Crippen LogP contribution is -2.09. The molecule has 1 aliphatic heterocycles. The van der Waals surface area contributed by atoms with Crippen LogP contribution in [0.4, 0.5) is 5.69 Å². The molecule has 3 nitrogen and oxygen atoms in total. The molecule has 0 amide bonds. The summed E-state index contributed by atoms with van der Waals surface area (Å²) in [5, 5.41) is 4.41. The maximum absolute atomic E-state index is 5.98. The van der Waals surface area contributed by atoms with Crippen LogP contribution in [0.2, 0.25) is 0 Å². The molecule has 2 aromatic rings. The van der Waals surface area contributed by atoms with Gasteiger partial charge in [-0.3, -0.25) is 0 Å². The van der Waals surface area contributed by atoms with Crippen molar-refractivity contribution in [3.8, 4) is 0 Å². The molecule has 2 aromatic carbocycles. The molecule has 1 atom stereocenters. The Hall–Kier alpha value is -2.29. The number of hydrogen-bond acceptors (Lipinski definition) is 3. The minimum absolute atomic E-state index is 0.251. The zero-order valence-corrected chi connectivity index (χ0v) is 10.0. The molecule has 0 aromatic heterocycles. The Morgan fingerprint density at radius 1 is 1.00 bits per heavy atom. The Balaban J connectivity index is 1.82. The summed E-state index contributed by atoms with van der Waals surface area (Å²) in [6, 6.07) is 18.5. The van der Waals surface area contributed by atoms with E-state index in [-0.39, 0.29) is 6.04 Å². The topological polar surface area (TPSA) is 50.4 Å². The van der Waals surface area contributed by atoms with E-state index in [0.717, 1.165) is 23.4 Å². The van der Waals surface area contributed by atoms with E-state index in [0.29, 0.717) is 0 Å². The van der Waals surface area contributed by atoms with Crippen molar-refractivity contribution < 1.29 is 0 Å². The Morgan fingerprint density at radius 2 is 1.72 bits per heavy atom. The van der Waals surface area contributed by atoms with E-state index in [1.165, 1.54) is 5.56 Å². The second kappa shape index (κ2) is 4.53. The van der Waals surface area contributed by atoms with E-state index in [1.54, 1.807) is 0 Å². The van der Waals surface area contributed by atoms with Gasteiger partial charge >= 0.3 is 0 Å². The first-order valence-corrected chi connectivity index (χ1v) is 6.06. The number of nitrogens with zero attached hydrogens (tertiary/aromatic N) is 1. The van der Waals surface area contributed by atoms with Gasteiger partial charge < -0.3 is 11.2 Å². The van der Waals surface area contributed by atoms with Crippen LogP contribution in [0.3, 0.4) is 0 Å². The number of hydrogen-bond donors (Lipinski definition) is 2. The van der Waals surface area contributed by atoms with Crippen molar-refractivity contribution in [2.45, 2.75) is 12.5 Å². The van der Waals surface area contributed by atoms with Crippen molar-refractivity contribution in [3.63, 3.8) is 0 Å². The van der Waals surface area contributed by atoms with Gasteiger partial charge in [-0.15, -0.1) is 0 Å². The number of nitrogen functional groups attached to an aromatic ring is 1. The van der Waals surface area contributed by atoms with Gasteiger partial charge in [-0.2, -0.15) is 5.10 Å². The maximum Gasteiger partial charge on any atom is 0.0745 e. The second-order valence-corrected chi connectivity index (χ2v) is 4.44. The van der Waals surface area contributed by atoms with Crippen LogP contribution in [0.1, 0.15) is 23.6 Å². The Labute approximate surface area is 106 Å². The first-order valence-electron chi connectivity index (χ1n) is 6.06. The molecule has 3 N–H and O–H groups in total. The lowest BCUT2D eigenvalue weighted by atomic mass is 9.98.